The predicted molar refractivity (Wildman–Crippen MR) is 66.9 cm³/mol. The summed E-state index contributed by atoms with van der Waals surface area (Å²) < 4.78 is 0. The Balaban J connectivity index is 2.35. The molecule has 0 saturated carbocycles. The number of non-ortho nitro benzene ring substituents is 1. The number of aromatic nitrogens is 3. The van der Waals surface area contributed by atoms with Crippen LogP contribution in [0, 0.1) is 10.1 Å². The number of nitrogens with two attached hydrogens (primary N) is 1. The zero-order valence-electron chi connectivity index (χ0n) is 9.88. The molecule has 0 bridgehead atoms. The van der Waals surface area contributed by atoms with E-state index >= 15 is 0 Å². The Hall–Kier alpha value is -2.44. The molecular weight excluding hydrogens is 234 g/mol. The summed E-state index contributed by atoms with van der Waals surface area (Å²) in [6.45, 7) is 2.04. The van der Waals surface area contributed by atoms with Gasteiger partial charge in [-0.2, -0.15) is 5.10 Å². The maximum Gasteiger partial charge on any atom is 0.271 e. The molecule has 7 nitrogen and oxygen atoms in total. The van der Waals surface area contributed by atoms with Gasteiger partial charge >= 0.3 is 0 Å². The third-order valence-electron chi connectivity index (χ3n) is 2.51. The number of nitrogen functional groups attached to an aromatic ring is 1. The van der Waals surface area contributed by atoms with Gasteiger partial charge in [0.15, 0.2) is 5.82 Å². The molecule has 2 rings (SSSR count). The van der Waals surface area contributed by atoms with E-state index in [1.165, 1.54) is 12.1 Å². The van der Waals surface area contributed by atoms with Gasteiger partial charge in [0.25, 0.3) is 5.69 Å². The third-order valence-corrected chi connectivity index (χ3v) is 2.51. The van der Waals surface area contributed by atoms with E-state index in [0.29, 0.717) is 17.1 Å². The van der Waals surface area contributed by atoms with Gasteiger partial charge in [-0.1, -0.05) is 6.92 Å². The standard InChI is InChI=1S/C11H13N5O2/c1-2-3-10-13-11(15-14-10)8-5-4-7(16(17)18)6-9(8)12/h4-6H,2-3,12H2,1H3,(H,13,14,15). The Morgan fingerprint density at radius 1 is 1.50 bits per heavy atom. The van der Waals surface area contributed by atoms with Gasteiger partial charge in [-0.25, -0.2) is 4.98 Å². The lowest BCUT2D eigenvalue weighted by Gasteiger charge is -2.00. The minimum absolute atomic E-state index is 0.0411. The molecule has 1 heterocycles. The normalized spacial score (nSPS) is 10.5. The molecule has 0 aliphatic heterocycles. The molecule has 0 unspecified atom stereocenters. The fourth-order valence-electron chi connectivity index (χ4n) is 1.63. The number of anilines is 1. The zero-order valence-corrected chi connectivity index (χ0v) is 9.88. The van der Waals surface area contributed by atoms with Gasteiger partial charge in [0.2, 0.25) is 0 Å². The molecular formula is C11H13N5O2. The van der Waals surface area contributed by atoms with Gasteiger partial charge in [0.1, 0.15) is 5.82 Å². The Kier molecular flexibility index (Phi) is 3.22. The Morgan fingerprint density at radius 3 is 2.89 bits per heavy atom. The lowest BCUT2D eigenvalue weighted by molar-refractivity contribution is -0.384. The summed E-state index contributed by atoms with van der Waals surface area (Å²) in [6.07, 6.45) is 1.77. The second-order valence-corrected chi connectivity index (χ2v) is 3.88. The van der Waals surface area contributed by atoms with Crippen molar-refractivity contribution in [2.24, 2.45) is 0 Å². The maximum atomic E-state index is 10.6. The summed E-state index contributed by atoms with van der Waals surface area (Å²) in [6, 6.07) is 4.26. The molecule has 0 atom stereocenters. The quantitative estimate of drug-likeness (QED) is 0.487. The minimum atomic E-state index is -0.485. The van der Waals surface area contributed by atoms with E-state index in [9.17, 15) is 10.1 Å². The first-order valence-corrected chi connectivity index (χ1v) is 5.57. The van der Waals surface area contributed by atoms with Crippen LogP contribution < -0.4 is 5.73 Å². The highest BCUT2D eigenvalue weighted by Crippen LogP contribution is 2.26. The molecule has 94 valence electrons. The number of nitro groups is 1. The summed E-state index contributed by atoms with van der Waals surface area (Å²) in [4.78, 5) is 14.4. The van der Waals surface area contributed by atoms with E-state index in [4.69, 9.17) is 5.73 Å². The molecule has 0 amide bonds. The van der Waals surface area contributed by atoms with E-state index < -0.39 is 4.92 Å². The van der Waals surface area contributed by atoms with Crippen LogP contribution in [0.2, 0.25) is 0 Å². The van der Waals surface area contributed by atoms with Gasteiger partial charge < -0.3 is 5.73 Å². The summed E-state index contributed by atoms with van der Waals surface area (Å²) in [5.41, 5.74) is 6.63. The van der Waals surface area contributed by atoms with Crippen LogP contribution in [-0.2, 0) is 6.42 Å². The smallest absolute Gasteiger partial charge is 0.271 e. The topological polar surface area (TPSA) is 111 Å². The number of H-pyrrole nitrogens is 1. The maximum absolute atomic E-state index is 10.6. The van der Waals surface area contributed by atoms with Crippen LogP contribution in [0.5, 0.6) is 0 Å². The van der Waals surface area contributed by atoms with Crippen molar-refractivity contribution in [1.29, 1.82) is 0 Å². The van der Waals surface area contributed by atoms with Crippen molar-refractivity contribution in [3.8, 4) is 11.4 Å². The Labute approximate surface area is 103 Å². The Morgan fingerprint density at radius 2 is 2.28 bits per heavy atom. The van der Waals surface area contributed by atoms with Gasteiger partial charge in [-0.3, -0.25) is 15.2 Å². The van der Waals surface area contributed by atoms with E-state index in [1.807, 2.05) is 6.92 Å². The first-order valence-electron chi connectivity index (χ1n) is 5.57. The molecule has 3 N–H and O–H groups in total. The van der Waals surface area contributed by atoms with Crippen molar-refractivity contribution in [3.05, 3.63) is 34.1 Å². The summed E-state index contributed by atoms with van der Waals surface area (Å²) >= 11 is 0. The minimum Gasteiger partial charge on any atom is -0.398 e. The van der Waals surface area contributed by atoms with Crippen molar-refractivity contribution in [2.75, 3.05) is 5.73 Å². The molecule has 0 radical (unpaired) electrons. The average molecular weight is 247 g/mol. The van der Waals surface area contributed by atoms with Crippen LogP contribution in [0.4, 0.5) is 11.4 Å². The van der Waals surface area contributed by atoms with Crippen molar-refractivity contribution in [2.45, 2.75) is 19.8 Å². The fourth-order valence-corrected chi connectivity index (χ4v) is 1.63. The van der Waals surface area contributed by atoms with Crippen molar-refractivity contribution in [1.82, 2.24) is 15.2 Å². The molecule has 2 aromatic rings. The first kappa shape index (κ1) is 12.0. The monoisotopic (exact) mass is 247 g/mol. The molecule has 0 aliphatic carbocycles. The molecule has 0 saturated heterocycles. The van der Waals surface area contributed by atoms with Crippen LogP contribution in [0.1, 0.15) is 19.2 Å². The molecule has 18 heavy (non-hydrogen) atoms. The average Bonchev–Trinajstić information content (AvgIpc) is 2.77. The molecule has 7 heteroatoms. The lowest BCUT2D eigenvalue weighted by atomic mass is 10.1. The lowest BCUT2D eigenvalue weighted by Crippen LogP contribution is -1.95. The van der Waals surface area contributed by atoms with Crippen molar-refractivity contribution in [3.63, 3.8) is 0 Å². The van der Waals surface area contributed by atoms with E-state index in [0.717, 1.165) is 18.7 Å². The molecule has 0 aliphatic rings. The Bertz CT molecular complexity index is 579. The predicted octanol–water partition coefficient (Wildman–Crippen LogP) is 1.91. The second-order valence-electron chi connectivity index (χ2n) is 3.88. The summed E-state index contributed by atoms with van der Waals surface area (Å²) in [7, 11) is 0. The number of aromatic amines is 1. The van der Waals surface area contributed by atoms with Gasteiger partial charge in [-0.05, 0) is 12.5 Å². The number of rotatable bonds is 4. The van der Waals surface area contributed by atoms with Crippen LogP contribution >= 0.6 is 0 Å². The summed E-state index contributed by atoms with van der Waals surface area (Å²) in [5.74, 6) is 1.25. The number of nitrogens with zero attached hydrogens (tertiary/aromatic N) is 3. The molecule has 0 fully saturated rings. The highest BCUT2D eigenvalue weighted by atomic mass is 16.6. The number of benzene rings is 1. The fraction of sp³-hybridized carbons (Fsp3) is 0.273. The van der Waals surface area contributed by atoms with E-state index in [1.54, 1.807) is 6.07 Å². The number of aryl methyl sites for hydroxylation is 1. The number of nitrogens with one attached hydrogen (secondary N) is 1. The highest BCUT2D eigenvalue weighted by molar-refractivity contribution is 5.73. The van der Waals surface area contributed by atoms with E-state index in [-0.39, 0.29) is 5.69 Å². The number of hydrogen-bond acceptors (Lipinski definition) is 5. The van der Waals surface area contributed by atoms with Gasteiger partial charge in [0, 0.05) is 29.8 Å². The van der Waals surface area contributed by atoms with Crippen LogP contribution in [-0.4, -0.2) is 20.1 Å². The number of hydrogen-bond donors (Lipinski definition) is 2. The highest BCUT2D eigenvalue weighted by Gasteiger charge is 2.13. The first-order chi connectivity index (χ1) is 8.61. The second kappa shape index (κ2) is 4.82. The van der Waals surface area contributed by atoms with Crippen LogP contribution in [0.3, 0.4) is 0 Å². The van der Waals surface area contributed by atoms with Crippen LogP contribution in [0.15, 0.2) is 18.2 Å². The van der Waals surface area contributed by atoms with Crippen molar-refractivity contribution < 1.29 is 4.92 Å². The van der Waals surface area contributed by atoms with Gasteiger partial charge in [0.05, 0.1) is 4.92 Å². The number of nitro benzene ring substituents is 1. The molecule has 1 aromatic heterocycles. The SMILES string of the molecule is CCCc1nc(-c2ccc([N+](=O)[O-])cc2N)n[nH]1. The van der Waals surface area contributed by atoms with E-state index in [2.05, 4.69) is 15.2 Å². The van der Waals surface area contributed by atoms with Gasteiger partial charge in [-0.15, -0.1) is 0 Å². The van der Waals surface area contributed by atoms with Crippen molar-refractivity contribution >= 4 is 11.4 Å². The molecule has 0 spiro atoms. The third kappa shape index (κ3) is 2.29. The molecule has 1 aromatic carbocycles. The largest absolute Gasteiger partial charge is 0.398 e. The summed E-state index contributed by atoms with van der Waals surface area (Å²) in [5, 5.41) is 17.5. The van der Waals surface area contributed by atoms with Crippen LogP contribution in [0.25, 0.3) is 11.4 Å². The zero-order chi connectivity index (χ0) is 13.1.